The van der Waals surface area contributed by atoms with Gasteiger partial charge in [-0.05, 0) is 36.8 Å². The van der Waals surface area contributed by atoms with Gasteiger partial charge in [-0.1, -0.05) is 12.1 Å². The second-order valence-electron chi connectivity index (χ2n) is 4.41. The van der Waals surface area contributed by atoms with Crippen molar-refractivity contribution in [1.29, 1.82) is 0 Å². The van der Waals surface area contributed by atoms with Crippen molar-refractivity contribution >= 4 is 0 Å². The first-order valence-electron chi connectivity index (χ1n) is 6.28. The minimum Gasteiger partial charge on any atom is -0.497 e. The number of aliphatic hydroxyl groups excluding tert-OH is 1. The zero-order chi connectivity index (χ0) is 13.7. The normalized spacial score (nSPS) is 12.4. The van der Waals surface area contributed by atoms with Crippen LogP contribution in [-0.4, -0.2) is 12.2 Å². The highest BCUT2D eigenvalue weighted by molar-refractivity contribution is 5.30. The summed E-state index contributed by atoms with van der Waals surface area (Å²) >= 11 is 0. The molecule has 0 bridgehead atoms. The van der Waals surface area contributed by atoms with Crippen molar-refractivity contribution in [3.8, 4) is 5.75 Å². The van der Waals surface area contributed by atoms with E-state index in [1.54, 1.807) is 13.2 Å². The van der Waals surface area contributed by atoms with Gasteiger partial charge in [-0.3, -0.25) is 0 Å². The third-order valence-corrected chi connectivity index (χ3v) is 3.05. The summed E-state index contributed by atoms with van der Waals surface area (Å²) in [6, 6.07) is 11.8. The summed E-state index contributed by atoms with van der Waals surface area (Å²) in [7, 11) is 1.66. The minimum absolute atomic E-state index is 0.0640. The highest BCUT2D eigenvalue weighted by atomic mass is 16.5. The Morgan fingerprint density at radius 2 is 2.05 bits per heavy atom. The van der Waals surface area contributed by atoms with E-state index in [4.69, 9.17) is 14.3 Å². The van der Waals surface area contributed by atoms with Crippen LogP contribution in [0.5, 0.6) is 5.75 Å². The Labute approximate surface area is 113 Å². The molecule has 0 unspecified atom stereocenters. The van der Waals surface area contributed by atoms with Crippen LogP contribution in [0.4, 0.5) is 0 Å². The number of furan rings is 1. The van der Waals surface area contributed by atoms with Gasteiger partial charge < -0.3 is 19.6 Å². The lowest BCUT2D eigenvalue weighted by Crippen LogP contribution is -2.17. The lowest BCUT2D eigenvalue weighted by atomic mass is 10.1. The van der Waals surface area contributed by atoms with Crippen LogP contribution in [0.2, 0.25) is 0 Å². The summed E-state index contributed by atoms with van der Waals surface area (Å²) in [6.07, 6.45) is 0. The van der Waals surface area contributed by atoms with Gasteiger partial charge in [-0.15, -0.1) is 0 Å². The highest BCUT2D eigenvalue weighted by Gasteiger charge is 2.07. The van der Waals surface area contributed by atoms with Crippen LogP contribution in [0.3, 0.4) is 0 Å². The number of ether oxygens (including phenoxy) is 1. The van der Waals surface area contributed by atoms with E-state index in [0.717, 1.165) is 17.1 Å². The maximum Gasteiger partial charge on any atom is 0.129 e. The standard InChI is InChI=1S/C15H19NO3/c1-11(12-4-3-5-13(8-12)18-2)16-9-14-6-7-15(10-17)19-14/h3-8,11,16-17H,9-10H2,1-2H3/t11-/m1/s1. The molecule has 4 nitrogen and oxygen atoms in total. The fraction of sp³-hybridized carbons (Fsp3) is 0.333. The topological polar surface area (TPSA) is 54.6 Å². The van der Waals surface area contributed by atoms with Crippen molar-refractivity contribution in [1.82, 2.24) is 5.32 Å². The van der Waals surface area contributed by atoms with E-state index in [2.05, 4.69) is 18.3 Å². The first kappa shape index (κ1) is 13.6. The average Bonchev–Trinajstić information content (AvgIpc) is 2.93. The van der Waals surface area contributed by atoms with Gasteiger partial charge in [0.15, 0.2) is 0 Å². The van der Waals surface area contributed by atoms with Gasteiger partial charge in [0.2, 0.25) is 0 Å². The molecule has 2 rings (SSSR count). The molecule has 0 aliphatic rings. The van der Waals surface area contributed by atoms with Crippen molar-refractivity contribution < 1.29 is 14.3 Å². The number of hydrogen-bond acceptors (Lipinski definition) is 4. The van der Waals surface area contributed by atoms with E-state index in [1.165, 1.54) is 0 Å². The van der Waals surface area contributed by atoms with Crippen molar-refractivity contribution in [3.05, 3.63) is 53.5 Å². The summed E-state index contributed by atoms with van der Waals surface area (Å²) in [6.45, 7) is 2.65. The molecule has 0 radical (unpaired) electrons. The predicted molar refractivity (Wildman–Crippen MR) is 72.9 cm³/mol. The van der Waals surface area contributed by atoms with Gasteiger partial charge in [0, 0.05) is 6.04 Å². The van der Waals surface area contributed by atoms with E-state index in [1.807, 2.05) is 24.3 Å². The monoisotopic (exact) mass is 261 g/mol. The lowest BCUT2D eigenvalue weighted by molar-refractivity contribution is 0.242. The molecule has 1 aromatic heterocycles. The Kier molecular flexibility index (Phi) is 4.60. The number of nitrogens with one attached hydrogen (secondary N) is 1. The second-order valence-corrected chi connectivity index (χ2v) is 4.41. The number of hydrogen-bond donors (Lipinski definition) is 2. The van der Waals surface area contributed by atoms with Crippen molar-refractivity contribution in [2.45, 2.75) is 26.1 Å². The van der Waals surface area contributed by atoms with Crippen LogP contribution in [-0.2, 0) is 13.2 Å². The van der Waals surface area contributed by atoms with Crippen LogP contribution in [0.25, 0.3) is 0 Å². The molecule has 2 N–H and O–H groups in total. The van der Waals surface area contributed by atoms with Crippen LogP contribution in [0.1, 0.15) is 30.0 Å². The fourth-order valence-electron chi connectivity index (χ4n) is 1.88. The number of methoxy groups -OCH3 is 1. The molecule has 2 aromatic rings. The maximum atomic E-state index is 8.94. The van der Waals surface area contributed by atoms with E-state index in [9.17, 15) is 0 Å². The Hall–Kier alpha value is -1.78. The summed E-state index contributed by atoms with van der Waals surface area (Å²) < 4.78 is 10.6. The molecule has 19 heavy (non-hydrogen) atoms. The summed E-state index contributed by atoms with van der Waals surface area (Å²) in [5.41, 5.74) is 1.16. The summed E-state index contributed by atoms with van der Waals surface area (Å²) in [5.74, 6) is 2.26. The third-order valence-electron chi connectivity index (χ3n) is 3.05. The molecule has 0 saturated heterocycles. The molecule has 1 atom stereocenters. The third kappa shape index (κ3) is 3.59. The fourth-order valence-corrected chi connectivity index (χ4v) is 1.88. The molecule has 102 valence electrons. The number of aliphatic hydroxyl groups is 1. The molecule has 0 aliphatic carbocycles. The van der Waals surface area contributed by atoms with Gasteiger partial charge >= 0.3 is 0 Å². The van der Waals surface area contributed by atoms with E-state index in [0.29, 0.717) is 12.3 Å². The second kappa shape index (κ2) is 6.41. The first-order valence-corrected chi connectivity index (χ1v) is 6.28. The largest absolute Gasteiger partial charge is 0.497 e. The van der Waals surface area contributed by atoms with Gasteiger partial charge in [-0.2, -0.15) is 0 Å². The van der Waals surface area contributed by atoms with Crippen LogP contribution >= 0.6 is 0 Å². The van der Waals surface area contributed by atoms with Crippen LogP contribution in [0.15, 0.2) is 40.8 Å². The number of benzene rings is 1. The van der Waals surface area contributed by atoms with Crippen molar-refractivity contribution in [2.24, 2.45) is 0 Å². The first-order chi connectivity index (χ1) is 9.22. The average molecular weight is 261 g/mol. The van der Waals surface area contributed by atoms with Crippen LogP contribution in [0, 0.1) is 0 Å². The molecule has 0 spiro atoms. The summed E-state index contributed by atoms with van der Waals surface area (Å²) in [5, 5.41) is 12.3. The zero-order valence-corrected chi connectivity index (χ0v) is 11.2. The molecule has 0 fully saturated rings. The Bertz CT molecular complexity index is 522. The van der Waals surface area contributed by atoms with E-state index < -0.39 is 0 Å². The predicted octanol–water partition coefficient (Wildman–Crippen LogP) is 2.63. The molecule has 0 amide bonds. The highest BCUT2D eigenvalue weighted by Crippen LogP contribution is 2.19. The van der Waals surface area contributed by atoms with E-state index in [-0.39, 0.29) is 12.6 Å². The molecule has 1 aromatic carbocycles. The summed E-state index contributed by atoms with van der Waals surface area (Å²) in [4.78, 5) is 0. The Morgan fingerprint density at radius 3 is 2.74 bits per heavy atom. The van der Waals surface area contributed by atoms with Gasteiger partial charge in [0.05, 0.1) is 13.7 Å². The van der Waals surface area contributed by atoms with E-state index >= 15 is 0 Å². The van der Waals surface area contributed by atoms with Crippen molar-refractivity contribution in [3.63, 3.8) is 0 Å². The van der Waals surface area contributed by atoms with Crippen molar-refractivity contribution in [2.75, 3.05) is 7.11 Å². The molecular formula is C15H19NO3. The minimum atomic E-state index is -0.0640. The lowest BCUT2D eigenvalue weighted by Gasteiger charge is -2.14. The maximum absolute atomic E-state index is 8.94. The Balaban J connectivity index is 1.94. The van der Waals surface area contributed by atoms with Gasteiger partial charge in [-0.25, -0.2) is 0 Å². The number of rotatable bonds is 6. The van der Waals surface area contributed by atoms with Gasteiger partial charge in [0.25, 0.3) is 0 Å². The quantitative estimate of drug-likeness (QED) is 0.839. The smallest absolute Gasteiger partial charge is 0.129 e. The van der Waals surface area contributed by atoms with Crippen LogP contribution < -0.4 is 10.1 Å². The Morgan fingerprint density at radius 1 is 1.26 bits per heavy atom. The molecule has 0 aliphatic heterocycles. The molecular weight excluding hydrogens is 242 g/mol. The molecule has 1 heterocycles. The van der Waals surface area contributed by atoms with Gasteiger partial charge in [0.1, 0.15) is 23.9 Å². The SMILES string of the molecule is COc1cccc([C@@H](C)NCc2ccc(CO)o2)c1. The molecule has 0 saturated carbocycles. The zero-order valence-electron chi connectivity index (χ0n) is 11.2. The molecule has 4 heteroatoms.